The maximum Gasteiger partial charge on any atom is -0.00544 e. The first-order chi connectivity index (χ1) is 6.45. The SMILES string of the molecule is [C]1=C2CC=CC=C2c2ccccc21. The first-order valence-electron chi connectivity index (χ1n) is 4.54. The van der Waals surface area contributed by atoms with Gasteiger partial charge < -0.3 is 0 Å². The zero-order valence-corrected chi connectivity index (χ0v) is 7.25. The molecule has 0 aliphatic heterocycles. The molecule has 0 spiro atoms. The molecule has 0 atom stereocenters. The Morgan fingerprint density at radius 2 is 2.08 bits per heavy atom. The van der Waals surface area contributed by atoms with Crippen molar-refractivity contribution >= 4 is 5.57 Å². The van der Waals surface area contributed by atoms with Gasteiger partial charge in [-0.1, -0.05) is 42.5 Å². The molecule has 3 rings (SSSR count). The second kappa shape index (κ2) is 2.46. The average Bonchev–Trinajstić information content (AvgIpc) is 2.56. The highest BCUT2D eigenvalue weighted by Gasteiger charge is 2.18. The van der Waals surface area contributed by atoms with E-state index in [-0.39, 0.29) is 0 Å². The first kappa shape index (κ1) is 6.90. The Bertz CT molecular complexity index is 445. The van der Waals surface area contributed by atoms with Crippen LogP contribution in [0.2, 0.25) is 0 Å². The lowest BCUT2D eigenvalue weighted by atomic mass is 9.97. The molecule has 0 saturated carbocycles. The zero-order chi connectivity index (χ0) is 8.67. The third-order valence-corrected chi connectivity index (χ3v) is 2.55. The van der Waals surface area contributed by atoms with Gasteiger partial charge in [0, 0.05) is 0 Å². The molecule has 0 saturated heterocycles. The summed E-state index contributed by atoms with van der Waals surface area (Å²) in [5, 5.41) is 0. The predicted octanol–water partition coefficient (Wildman–Crippen LogP) is 3.12. The largest absolute Gasteiger partial charge is 0.0801 e. The standard InChI is InChI=1S/C13H9/c1-3-7-12-10(5-1)9-11-6-2-4-8-13(11)12/h1-5,7-8H,6H2. The van der Waals surface area contributed by atoms with E-state index in [0.29, 0.717) is 0 Å². The number of benzene rings is 1. The van der Waals surface area contributed by atoms with E-state index in [1.807, 2.05) is 0 Å². The van der Waals surface area contributed by atoms with Gasteiger partial charge in [-0.05, 0) is 34.8 Å². The van der Waals surface area contributed by atoms with Gasteiger partial charge in [0.05, 0.1) is 0 Å². The molecular weight excluding hydrogens is 156 g/mol. The quantitative estimate of drug-likeness (QED) is 0.554. The van der Waals surface area contributed by atoms with Crippen molar-refractivity contribution in [2.45, 2.75) is 6.42 Å². The molecule has 1 aromatic carbocycles. The Morgan fingerprint density at radius 3 is 3.08 bits per heavy atom. The predicted molar refractivity (Wildman–Crippen MR) is 54.0 cm³/mol. The number of hydrogen-bond donors (Lipinski definition) is 0. The Morgan fingerprint density at radius 1 is 1.15 bits per heavy atom. The van der Waals surface area contributed by atoms with Crippen molar-refractivity contribution in [2.75, 3.05) is 0 Å². The van der Waals surface area contributed by atoms with Gasteiger partial charge in [0.15, 0.2) is 0 Å². The third kappa shape index (κ3) is 0.919. The van der Waals surface area contributed by atoms with Crippen molar-refractivity contribution < 1.29 is 0 Å². The molecule has 0 unspecified atom stereocenters. The van der Waals surface area contributed by atoms with Crippen molar-refractivity contribution in [1.82, 2.24) is 0 Å². The van der Waals surface area contributed by atoms with E-state index in [1.165, 1.54) is 22.3 Å². The van der Waals surface area contributed by atoms with E-state index in [0.717, 1.165) is 6.42 Å². The summed E-state index contributed by atoms with van der Waals surface area (Å²) in [4.78, 5) is 0. The minimum Gasteiger partial charge on any atom is -0.0801 e. The molecule has 0 N–H and O–H groups in total. The summed E-state index contributed by atoms with van der Waals surface area (Å²) in [6.45, 7) is 0. The highest BCUT2D eigenvalue weighted by atomic mass is 14.2. The van der Waals surface area contributed by atoms with Gasteiger partial charge in [-0.25, -0.2) is 0 Å². The van der Waals surface area contributed by atoms with Crippen molar-refractivity contribution in [3.63, 3.8) is 0 Å². The third-order valence-electron chi connectivity index (χ3n) is 2.55. The van der Waals surface area contributed by atoms with Gasteiger partial charge in [0.2, 0.25) is 0 Å². The molecule has 2 aliphatic carbocycles. The number of hydrogen-bond acceptors (Lipinski definition) is 0. The number of allylic oxidation sites excluding steroid dienone is 5. The highest BCUT2D eigenvalue weighted by Crippen LogP contribution is 2.37. The summed E-state index contributed by atoms with van der Waals surface area (Å²) in [6.07, 6.45) is 10.9. The summed E-state index contributed by atoms with van der Waals surface area (Å²) < 4.78 is 0. The molecule has 0 amide bonds. The summed E-state index contributed by atoms with van der Waals surface area (Å²) >= 11 is 0. The monoisotopic (exact) mass is 165 g/mol. The molecule has 61 valence electrons. The summed E-state index contributed by atoms with van der Waals surface area (Å²) in [5.74, 6) is 0. The second-order valence-electron chi connectivity index (χ2n) is 3.36. The summed E-state index contributed by atoms with van der Waals surface area (Å²) in [6, 6.07) is 8.45. The van der Waals surface area contributed by atoms with E-state index in [1.54, 1.807) is 0 Å². The lowest BCUT2D eigenvalue weighted by molar-refractivity contribution is 1.28. The van der Waals surface area contributed by atoms with Crippen LogP contribution >= 0.6 is 0 Å². The molecule has 0 fully saturated rings. The van der Waals surface area contributed by atoms with Crippen LogP contribution in [0.15, 0.2) is 48.1 Å². The molecule has 1 radical (unpaired) electrons. The van der Waals surface area contributed by atoms with Crippen LogP contribution in [-0.4, -0.2) is 0 Å². The maximum absolute atomic E-state index is 3.43. The van der Waals surface area contributed by atoms with Crippen molar-refractivity contribution in [3.8, 4) is 0 Å². The molecular formula is C13H9. The zero-order valence-electron chi connectivity index (χ0n) is 7.25. The molecule has 1 aromatic rings. The Balaban J connectivity index is 2.26. The second-order valence-corrected chi connectivity index (χ2v) is 3.36. The highest BCUT2D eigenvalue weighted by molar-refractivity contribution is 5.87. The first-order valence-corrected chi connectivity index (χ1v) is 4.54. The van der Waals surface area contributed by atoms with Crippen LogP contribution < -0.4 is 0 Å². The van der Waals surface area contributed by atoms with Gasteiger partial charge in [0.25, 0.3) is 0 Å². The molecule has 0 bridgehead atoms. The molecule has 0 aromatic heterocycles. The van der Waals surface area contributed by atoms with E-state index in [4.69, 9.17) is 0 Å². The molecule has 13 heavy (non-hydrogen) atoms. The van der Waals surface area contributed by atoms with Crippen LogP contribution in [-0.2, 0) is 0 Å². The molecule has 0 heteroatoms. The van der Waals surface area contributed by atoms with Gasteiger partial charge in [0.1, 0.15) is 0 Å². The van der Waals surface area contributed by atoms with Crippen LogP contribution in [0, 0.1) is 6.08 Å². The Labute approximate surface area is 77.9 Å². The van der Waals surface area contributed by atoms with Gasteiger partial charge in [-0.2, -0.15) is 0 Å². The number of fused-ring (bicyclic) bond motifs is 3. The van der Waals surface area contributed by atoms with Crippen LogP contribution in [0.4, 0.5) is 0 Å². The maximum atomic E-state index is 3.43. The van der Waals surface area contributed by atoms with Crippen molar-refractivity contribution in [3.05, 3.63) is 65.3 Å². The van der Waals surface area contributed by atoms with E-state index in [9.17, 15) is 0 Å². The topological polar surface area (TPSA) is 0 Å². The van der Waals surface area contributed by atoms with Gasteiger partial charge in [-0.15, -0.1) is 0 Å². The van der Waals surface area contributed by atoms with Crippen LogP contribution in [0.3, 0.4) is 0 Å². The normalized spacial score (nSPS) is 17.5. The smallest absolute Gasteiger partial charge is 0.00544 e. The van der Waals surface area contributed by atoms with Crippen LogP contribution in [0.25, 0.3) is 5.57 Å². The lowest BCUT2D eigenvalue weighted by Crippen LogP contribution is -1.86. The van der Waals surface area contributed by atoms with E-state index >= 15 is 0 Å². The fourth-order valence-corrected chi connectivity index (χ4v) is 1.92. The van der Waals surface area contributed by atoms with Gasteiger partial charge >= 0.3 is 0 Å². The summed E-state index contributed by atoms with van der Waals surface area (Å²) in [7, 11) is 0. The van der Waals surface area contributed by atoms with E-state index < -0.39 is 0 Å². The summed E-state index contributed by atoms with van der Waals surface area (Å²) in [5.41, 5.74) is 5.27. The fraction of sp³-hybridized carbons (Fsp3) is 0.0769. The Hall–Kier alpha value is -1.56. The van der Waals surface area contributed by atoms with Crippen molar-refractivity contribution in [1.29, 1.82) is 0 Å². The minimum atomic E-state index is 1.03. The lowest BCUT2D eigenvalue weighted by Gasteiger charge is -2.07. The number of rotatable bonds is 0. The average molecular weight is 165 g/mol. The fourth-order valence-electron chi connectivity index (χ4n) is 1.92. The molecule has 0 nitrogen and oxygen atoms in total. The van der Waals surface area contributed by atoms with Crippen LogP contribution in [0.1, 0.15) is 17.5 Å². The van der Waals surface area contributed by atoms with Crippen molar-refractivity contribution in [2.24, 2.45) is 0 Å². The molecule has 2 aliphatic rings. The Kier molecular flexibility index (Phi) is 1.31. The van der Waals surface area contributed by atoms with E-state index in [2.05, 4.69) is 48.6 Å². The molecule has 0 heterocycles. The van der Waals surface area contributed by atoms with Crippen LogP contribution in [0.5, 0.6) is 0 Å². The minimum absolute atomic E-state index is 1.03. The van der Waals surface area contributed by atoms with Gasteiger partial charge in [-0.3, -0.25) is 0 Å².